The molecule has 0 aromatic heterocycles. The number of hydrogen-bond acceptors (Lipinski definition) is 8. The van der Waals surface area contributed by atoms with E-state index in [1.807, 2.05) is 12.1 Å². The highest BCUT2D eigenvalue weighted by Crippen LogP contribution is 2.46. The van der Waals surface area contributed by atoms with Crippen LogP contribution in [0.2, 0.25) is 0 Å². The monoisotopic (exact) mass is 537 g/mol. The predicted octanol–water partition coefficient (Wildman–Crippen LogP) is 4.60. The number of esters is 2. The van der Waals surface area contributed by atoms with Crippen LogP contribution in [0.1, 0.15) is 69.5 Å². The van der Waals surface area contributed by atoms with Crippen molar-refractivity contribution < 1.29 is 33.6 Å². The summed E-state index contributed by atoms with van der Waals surface area (Å²) < 4.78 is 23.1. The number of carbonyl (C=O) groups is 2. The molecule has 2 aromatic rings. The first-order chi connectivity index (χ1) is 18.8. The highest BCUT2D eigenvalue weighted by Gasteiger charge is 2.49. The second-order valence-electron chi connectivity index (χ2n) is 11.0. The molecular formula is C31H39NO7. The third-order valence-electron chi connectivity index (χ3n) is 8.53. The lowest BCUT2D eigenvalue weighted by atomic mass is 9.78. The van der Waals surface area contributed by atoms with Crippen LogP contribution in [0.5, 0.6) is 11.5 Å². The molecule has 0 spiro atoms. The van der Waals surface area contributed by atoms with Crippen molar-refractivity contribution in [3.63, 3.8) is 0 Å². The molecule has 39 heavy (non-hydrogen) atoms. The first-order valence-corrected chi connectivity index (χ1v) is 13.9. The van der Waals surface area contributed by atoms with Crippen LogP contribution in [0.3, 0.4) is 0 Å². The molecule has 2 fully saturated rings. The molecule has 0 aliphatic carbocycles. The van der Waals surface area contributed by atoms with Crippen LogP contribution in [0.15, 0.2) is 36.4 Å². The van der Waals surface area contributed by atoms with Gasteiger partial charge in [-0.25, -0.2) is 0 Å². The summed E-state index contributed by atoms with van der Waals surface area (Å²) in [6, 6.07) is 12.2. The SMILES string of the molecule is COc1ccc2cc1-c1cc(ccc1OC)[C@H]1C[C@H](OC(C)=O)C(O)C3CCC[C@@H](C[C@H](OC(C)=O)CC2)N31. The van der Waals surface area contributed by atoms with Gasteiger partial charge in [0.05, 0.1) is 14.2 Å². The highest BCUT2D eigenvalue weighted by molar-refractivity contribution is 5.77. The van der Waals surface area contributed by atoms with E-state index >= 15 is 0 Å². The van der Waals surface area contributed by atoms with Crippen LogP contribution in [-0.4, -0.2) is 66.6 Å². The Morgan fingerprint density at radius 3 is 2.26 bits per heavy atom. The van der Waals surface area contributed by atoms with E-state index in [1.54, 1.807) is 14.2 Å². The lowest BCUT2D eigenvalue weighted by Gasteiger charge is -2.54. The highest BCUT2D eigenvalue weighted by atomic mass is 16.6. The van der Waals surface area contributed by atoms with E-state index in [-0.39, 0.29) is 30.2 Å². The maximum Gasteiger partial charge on any atom is 0.302 e. The second kappa shape index (κ2) is 11.6. The third-order valence-corrected chi connectivity index (χ3v) is 8.53. The minimum Gasteiger partial charge on any atom is -0.496 e. The fourth-order valence-electron chi connectivity index (χ4n) is 6.93. The number of methoxy groups -OCH3 is 2. The Hall–Kier alpha value is -3.10. The topological polar surface area (TPSA) is 94.5 Å². The minimum absolute atomic E-state index is 0.106. The molecule has 5 rings (SSSR count). The number of aryl methyl sites for hydroxylation is 1. The van der Waals surface area contributed by atoms with Crippen molar-refractivity contribution >= 4 is 11.9 Å². The zero-order chi connectivity index (χ0) is 27.7. The number of fused-ring (bicyclic) bond motifs is 6. The average molecular weight is 538 g/mol. The van der Waals surface area contributed by atoms with Gasteiger partial charge in [0, 0.05) is 49.5 Å². The van der Waals surface area contributed by atoms with Crippen molar-refractivity contribution in [3.05, 3.63) is 47.5 Å². The summed E-state index contributed by atoms with van der Waals surface area (Å²) in [7, 11) is 3.33. The summed E-state index contributed by atoms with van der Waals surface area (Å²) in [5.74, 6) is 0.803. The lowest BCUT2D eigenvalue weighted by Crippen LogP contribution is -2.61. The number of aliphatic hydroxyl groups is 1. The van der Waals surface area contributed by atoms with Gasteiger partial charge in [0.2, 0.25) is 0 Å². The molecule has 2 saturated heterocycles. The quantitative estimate of drug-likeness (QED) is 0.566. The Morgan fingerprint density at radius 2 is 1.56 bits per heavy atom. The molecule has 3 heterocycles. The average Bonchev–Trinajstić information content (AvgIpc) is 2.92. The van der Waals surface area contributed by atoms with Crippen LogP contribution in [0, 0.1) is 0 Å². The van der Waals surface area contributed by atoms with Gasteiger partial charge in [-0.1, -0.05) is 18.6 Å². The second-order valence-corrected chi connectivity index (χ2v) is 11.0. The molecule has 1 N–H and O–H groups in total. The van der Waals surface area contributed by atoms with Crippen LogP contribution in [0.25, 0.3) is 11.1 Å². The van der Waals surface area contributed by atoms with Gasteiger partial charge in [-0.3, -0.25) is 14.5 Å². The summed E-state index contributed by atoms with van der Waals surface area (Å²) in [6.45, 7) is 2.85. The van der Waals surface area contributed by atoms with Gasteiger partial charge in [-0.05, 0) is 67.5 Å². The Labute approximate surface area is 230 Å². The molecule has 8 heteroatoms. The summed E-state index contributed by atoms with van der Waals surface area (Å²) in [6.07, 6.45) is 3.65. The van der Waals surface area contributed by atoms with Gasteiger partial charge in [0.25, 0.3) is 0 Å². The number of rotatable bonds is 4. The number of aliphatic hydroxyl groups excluding tert-OH is 1. The van der Waals surface area contributed by atoms with Crippen molar-refractivity contribution in [2.75, 3.05) is 14.2 Å². The summed E-state index contributed by atoms with van der Waals surface area (Å²) >= 11 is 0. The number of hydrogen-bond donors (Lipinski definition) is 1. The van der Waals surface area contributed by atoms with E-state index in [9.17, 15) is 14.7 Å². The molecule has 8 nitrogen and oxygen atoms in total. The molecule has 2 unspecified atom stereocenters. The predicted molar refractivity (Wildman–Crippen MR) is 146 cm³/mol. The summed E-state index contributed by atoms with van der Waals surface area (Å²) in [4.78, 5) is 26.5. The first kappa shape index (κ1) is 27.5. The van der Waals surface area contributed by atoms with E-state index in [1.165, 1.54) is 13.8 Å². The standard InChI is InChI=1S/C31H39NO7/c1-18(33)38-23-11-8-20-9-12-28(36-3)24(14-20)25-15-21(10-13-29(25)37-4)27-17-30(39-19(2)34)31(35)26-7-5-6-22(16-23)32(26)27/h9-10,12-15,22-23,26-27,30-31,35H,5-8,11,16-17H2,1-4H3/t22-,23+,26?,27+,30-,31?/m0/s1. The molecule has 3 aliphatic rings. The fraction of sp³-hybridized carbons (Fsp3) is 0.548. The zero-order valence-corrected chi connectivity index (χ0v) is 23.2. The number of piperidine rings is 2. The van der Waals surface area contributed by atoms with Crippen LogP contribution in [-0.2, 0) is 25.5 Å². The maximum atomic E-state index is 12.1. The van der Waals surface area contributed by atoms with Crippen molar-refractivity contribution in [1.29, 1.82) is 0 Å². The Kier molecular flexibility index (Phi) is 8.14. The molecule has 210 valence electrons. The summed E-state index contributed by atoms with van der Waals surface area (Å²) in [5.41, 5.74) is 4.03. The molecule has 4 bridgehead atoms. The van der Waals surface area contributed by atoms with Gasteiger partial charge < -0.3 is 24.1 Å². The van der Waals surface area contributed by atoms with E-state index in [0.29, 0.717) is 19.3 Å². The number of ether oxygens (including phenoxy) is 4. The minimum atomic E-state index is -0.788. The van der Waals surface area contributed by atoms with Crippen LogP contribution < -0.4 is 9.47 Å². The van der Waals surface area contributed by atoms with Crippen molar-refractivity contribution in [2.45, 2.75) is 95.2 Å². The van der Waals surface area contributed by atoms with Crippen molar-refractivity contribution in [1.82, 2.24) is 4.90 Å². The molecule has 2 aromatic carbocycles. The Balaban J connectivity index is 1.68. The van der Waals surface area contributed by atoms with Crippen molar-refractivity contribution in [3.8, 4) is 22.6 Å². The Bertz CT molecular complexity index is 1210. The van der Waals surface area contributed by atoms with E-state index < -0.39 is 18.2 Å². The molecule has 0 radical (unpaired) electrons. The van der Waals surface area contributed by atoms with Gasteiger partial charge >= 0.3 is 11.9 Å². The van der Waals surface area contributed by atoms with Gasteiger partial charge in [-0.2, -0.15) is 0 Å². The molecular weight excluding hydrogens is 498 g/mol. The number of benzene rings is 2. The van der Waals surface area contributed by atoms with Crippen LogP contribution in [0.4, 0.5) is 0 Å². The van der Waals surface area contributed by atoms with Crippen molar-refractivity contribution in [2.24, 2.45) is 0 Å². The van der Waals surface area contributed by atoms with Crippen LogP contribution >= 0.6 is 0 Å². The Morgan fingerprint density at radius 1 is 0.872 bits per heavy atom. The van der Waals surface area contributed by atoms with E-state index in [0.717, 1.165) is 59.4 Å². The molecule has 0 amide bonds. The third kappa shape index (κ3) is 5.63. The van der Waals surface area contributed by atoms with Gasteiger partial charge in [-0.15, -0.1) is 0 Å². The smallest absolute Gasteiger partial charge is 0.302 e. The zero-order valence-electron chi connectivity index (χ0n) is 23.2. The number of carbonyl (C=O) groups excluding carboxylic acids is 2. The summed E-state index contributed by atoms with van der Waals surface area (Å²) in [5, 5.41) is 11.4. The van der Waals surface area contributed by atoms with E-state index in [4.69, 9.17) is 18.9 Å². The molecule has 0 saturated carbocycles. The van der Waals surface area contributed by atoms with E-state index in [2.05, 4.69) is 29.2 Å². The normalized spacial score (nSPS) is 28.5. The lowest BCUT2D eigenvalue weighted by molar-refractivity contribution is -0.175. The van der Waals surface area contributed by atoms with Gasteiger partial charge in [0.15, 0.2) is 0 Å². The largest absolute Gasteiger partial charge is 0.496 e. The maximum absolute atomic E-state index is 12.1. The fourth-order valence-corrected chi connectivity index (χ4v) is 6.93. The first-order valence-electron chi connectivity index (χ1n) is 13.9. The molecule has 3 aliphatic heterocycles. The number of nitrogens with zero attached hydrogens (tertiary/aromatic N) is 1. The van der Waals surface area contributed by atoms with Gasteiger partial charge in [0.1, 0.15) is 29.8 Å². The molecule has 6 atom stereocenters.